The minimum Gasteiger partial charge on any atom is -0.334 e. The van der Waals surface area contributed by atoms with Gasteiger partial charge in [0.15, 0.2) is 0 Å². The van der Waals surface area contributed by atoms with Crippen molar-refractivity contribution in [3.05, 3.63) is 34.4 Å². The predicted octanol–water partition coefficient (Wildman–Crippen LogP) is 2.69. The molecule has 0 heterocycles. The van der Waals surface area contributed by atoms with Crippen molar-refractivity contribution in [2.75, 3.05) is 26.0 Å². The fourth-order valence-electron chi connectivity index (χ4n) is 2.27. The molecule has 7 heteroatoms. The van der Waals surface area contributed by atoms with E-state index in [1.165, 1.54) is 12.1 Å². The van der Waals surface area contributed by atoms with Crippen LogP contribution in [0.3, 0.4) is 0 Å². The Morgan fingerprint density at radius 3 is 2.50 bits per heavy atom. The zero-order chi connectivity index (χ0) is 16.7. The number of rotatable bonds is 7. The number of hydrogen-bond donors (Lipinski definition) is 2. The van der Waals surface area contributed by atoms with E-state index >= 15 is 0 Å². The fraction of sp³-hybridized carbons (Fsp3) is 0.533. The maximum absolute atomic E-state index is 12.1. The number of amides is 2. The summed E-state index contributed by atoms with van der Waals surface area (Å²) < 4.78 is 0. The van der Waals surface area contributed by atoms with Crippen LogP contribution in [-0.4, -0.2) is 42.5 Å². The molecule has 0 saturated carbocycles. The Bertz CT molecular complexity index is 507. The number of nitro benzene ring substituents is 1. The van der Waals surface area contributed by atoms with E-state index in [2.05, 4.69) is 24.5 Å². The van der Waals surface area contributed by atoms with Crippen molar-refractivity contribution in [3.8, 4) is 0 Å². The van der Waals surface area contributed by atoms with Crippen LogP contribution >= 0.6 is 0 Å². The summed E-state index contributed by atoms with van der Waals surface area (Å²) in [6, 6.07) is 5.64. The van der Waals surface area contributed by atoms with Crippen LogP contribution in [0.2, 0.25) is 0 Å². The number of carbonyl (C=O) groups excluding carboxylic acids is 1. The third-order valence-electron chi connectivity index (χ3n) is 3.03. The first-order chi connectivity index (χ1) is 10.3. The number of likely N-dealkylation sites (N-methyl/N-ethyl adjacent to an activating group) is 1. The average molecular weight is 308 g/mol. The quantitative estimate of drug-likeness (QED) is 0.599. The van der Waals surface area contributed by atoms with E-state index in [9.17, 15) is 14.9 Å². The molecular formula is C15H24N4O3. The number of nitrogens with zero attached hydrogens (tertiary/aromatic N) is 2. The van der Waals surface area contributed by atoms with Gasteiger partial charge in [-0.2, -0.15) is 0 Å². The van der Waals surface area contributed by atoms with Crippen LogP contribution in [0, 0.1) is 16.0 Å². The lowest BCUT2D eigenvalue weighted by molar-refractivity contribution is -0.383. The van der Waals surface area contributed by atoms with E-state index in [-0.39, 0.29) is 17.4 Å². The van der Waals surface area contributed by atoms with Crippen molar-refractivity contribution in [3.63, 3.8) is 0 Å². The number of urea groups is 1. The highest BCUT2D eigenvalue weighted by Gasteiger charge is 2.18. The lowest BCUT2D eigenvalue weighted by Gasteiger charge is -2.24. The van der Waals surface area contributed by atoms with Gasteiger partial charge in [-0.15, -0.1) is 0 Å². The SMILES string of the molecule is CC(C)CC(CN(C)C)NC(=O)Nc1ccccc1[N+](=O)[O-]. The summed E-state index contributed by atoms with van der Waals surface area (Å²) in [6.45, 7) is 4.89. The molecule has 2 N–H and O–H groups in total. The molecule has 0 aliphatic carbocycles. The van der Waals surface area contributed by atoms with Crippen molar-refractivity contribution in [2.45, 2.75) is 26.3 Å². The van der Waals surface area contributed by atoms with Gasteiger partial charge in [0.2, 0.25) is 0 Å². The van der Waals surface area contributed by atoms with Gasteiger partial charge >= 0.3 is 6.03 Å². The first-order valence-corrected chi connectivity index (χ1v) is 7.25. The second-order valence-corrected chi connectivity index (χ2v) is 5.96. The highest BCUT2D eigenvalue weighted by Crippen LogP contribution is 2.22. The Labute approximate surface area is 130 Å². The van der Waals surface area contributed by atoms with Gasteiger partial charge in [0, 0.05) is 18.7 Å². The third kappa shape index (κ3) is 6.09. The van der Waals surface area contributed by atoms with Gasteiger partial charge in [-0.3, -0.25) is 10.1 Å². The van der Waals surface area contributed by atoms with Crippen LogP contribution in [0.5, 0.6) is 0 Å². The Kier molecular flexibility index (Phi) is 6.78. The summed E-state index contributed by atoms with van der Waals surface area (Å²) in [5.74, 6) is 0.441. The van der Waals surface area contributed by atoms with E-state index in [4.69, 9.17) is 0 Å². The van der Waals surface area contributed by atoms with Gasteiger partial charge in [0.1, 0.15) is 5.69 Å². The summed E-state index contributed by atoms with van der Waals surface area (Å²) in [5, 5.41) is 16.4. The molecule has 0 aromatic heterocycles. The molecule has 122 valence electrons. The smallest absolute Gasteiger partial charge is 0.319 e. The molecule has 0 radical (unpaired) electrons. The summed E-state index contributed by atoms with van der Waals surface area (Å²) in [4.78, 5) is 24.5. The maximum Gasteiger partial charge on any atom is 0.319 e. The van der Waals surface area contributed by atoms with E-state index in [0.717, 1.165) is 6.42 Å². The van der Waals surface area contributed by atoms with Crippen molar-refractivity contribution in [1.82, 2.24) is 10.2 Å². The first-order valence-electron chi connectivity index (χ1n) is 7.25. The molecule has 1 unspecified atom stereocenters. The average Bonchev–Trinajstić information content (AvgIpc) is 2.36. The molecule has 0 aliphatic rings. The van der Waals surface area contributed by atoms with Gasteiger partial charge < -0.3 is 15.5 Å². The molecular weight excluding hydrogens is 284 g/mol. The van der Waals surface area contributed by atoms with Gasteiger partial charge in [-0.1, -0.05) is 26.0 Å². The summed E-state index contributed by atoms with van der Waals surface area (Å²) in [5.41, 5.74) is 0.0730. The van der Waals surface area contributed by atoms with Gasteiger partial charge in [0.05, 0.1) is 4.92 Å². The molecule has 7 nitrogen and oxygen atoms in total. The number of benzene rings is 1. The largest absolute Gasteiger partial charge is 0.334 e. The second kappa shape index (κ2) is 8.33. The zero-order valence-corrected chi connectivity index (χ0v) is 13.5. The van der Waals surface area contributed by atoms with Crippen LogP contribution in [0.1, 0.15) is 20.3 Å². The lowest BCUT2D eigenvalue weighted by atomic mass is 10.0. The van der Waals surface area contributed by atoms with Crippen LogP contribution in [-0.2, 0) is 0 Å². The lowest BCUT2D eigenvalue weighted by Crippen LogP contribution is -2.44. The molecule has 22 heavy (non-hydrogen) atoms. The van der Waals surface area contributed by atoms with Crippen LogP contribution in [0.4, 0.5) is 16.2 Å². The first kappa shape index (κ1) is 17.9. The van der Waals surface area contributed by atoms with Crippen molar-refractivity contribution in [1.29, 1.82) is 0 Å². The monoisotopic (exact) mass is 308 g/mol. The molecule has 1 rings (SSSR count). The molecule has 0 bridgehead atoms. The maximum atomic E-state index is 12.1. The van der Waals surface area contributed by atoms with E-state index in [1.54, 1.807) is 12.1 Å². The number of nitrogens with one attached hydrogen (secondary N) is 2. The van der Waals surface area contributed by atoms with E-state index in [0.29, 0.717) is 12.5 Å². The normalized spacial score (nSPS) is 12.3. The minimum absolute atomic E-state index is 0.0160. The van der Waals surface area contributed by atoms with Crippen molar-refractivity contribution >= 4 is 17.4 Å². The molecule has 0 fully saturated rings. The Balaban J connectivity index is 2.73. The number of para-hydroxylation sites is 2. The highest BCUT2D eigenvalue weighted by molar-refractivity contribution is 5.91. The van der Waals surface area contributed by atoms with Crippen LogP contribution < -0.4 is 10.6 Å². The molecule has 0 spiro atoms. The van der Waals surface area contributed by atoms with Crippen molar-refractivity contribution < 1.29 is 9.72 Å². The van der Waals surface area contributed by atoms with Crippen LogP contribution in [0.25, 0.3) is 0 Å². The molecule has 1 aromatic carbocycles. The molecule has 2 amide bonds. The summed E-state index contributed by atoms with van der Waals surface area (Å²) >= 11 is 0. The van der Waals surface area contributed by atoms with Crippen molar-refractivity contribution in [2.24, 2.45) is 5.92 Å². The van der Waals surface area contributed by atoms with Gasteiger partial charge in [-0.25, -0.2) is 4.79 Å². The molecule has 1 atom stereocenters. The van der Waals surface area contributed by atoms with Gasteiger partial charge in [-0.05, 0) is 32.5 Å². The topological polar surface area (TPSA) is 87.5 Å². The predicted molar refractivity (Wildman–Crippen MR) is 87.0 cm³/mol. The summed E-state index contributed by atoms with van der Waals surface area (Å²) in [6.07, 6.45) is 0.836. The fourth-order valence-corrected chi connectivity index (χ4v) is 2.27. The zero-order valence-electron chi connectivity index (χ0n) is 13.5. The molecule has 0 saturated heterocycles. The molecule has 1 aromatic rings. The van der Waals surface area contributed by atoms with Crippen LogP contribution in [0.15, 0.2) is 24.3 Å². The second-order valence-electron chi connectivity index (χ2n) is 5.96. The summed E-state index contributed by atoms with van der Waals surface area (Å²) in [7, 11) is 3.88. The Morgan fingerprint density at radius 2 is 1.95 bits per heavy atom. The minimum atomic E-state index is -0.513. The number of hydrogen-bond acceptors (Lipinski definition) is 4. The van der Waals surface area contributed by atoms with E-state index in [1.807, 2.05) is 19.0 Å². The number of nitro groups is 1. The third-order valence-corrected chi connectivity index (χ3v) is 3.03. The Hall–Kier alpha value is -2.15. The van der Waals surface area contributed by atoms with Gasteiger partial charge in [0.25, 0.3) is 5.69 Å². The number of carbonyl (C=O) groups is 1. The van der Waals surface area contributed by atoms with E-state index < -0.39 is 11.0 Å². The number of anilines is 1. The highest BCUT2D eigenvalue weighted by atomic mass is 16.6. The Morgan fingerprint density at radius 1 is 1.32 bits per heavy atom. The molecule has 0 aliphatic heterocycles. The standard InChI is InChI=1S/C15H24N4O3/c1-11(2)9-12(10-18(3)4)16-15(20)17-13-7-5-6-8-14(13)19(21)22/h5-8,11-12H,9-10H2,1-4H3,(H2,16,17,20).